The summed E-state index contributed by atoms with van der Waals surface area (Å²) in [6, 6.07) is 16.6. The zero-order chi connectivity index (χ0) is 18.5. The molecule has 0 aliphatic rings. The fourth-order valence-electron chi connectivity index (χ4n) is 2.19. The molecule has 0 saturated heterocycles. The van der Waals surface area contributed by atoms with Crippen molar-refractivity contribution in [3.63, 3.8) is 0 Å². The van der Waals surface area contributed by atoms with E-state index in [0.717, 1.165) is 3.57 Å². The second-order valence-electron chi connectivity index (χ2n) is 5.24. The third-order valence-corrected chi connectivity index (χ3v) is 4.15. The molecule has 26 heavy (non-hydrogen) atoms. The number of hydrogen-bond donors (Lipinski definition) is 1. The molecule has 2 aromatic carbocycles. The van der Waals surface area contributed by atoms with E-state index < -0.39 is 10.8 Å². The summed E-state index contributed by atoms with van der Waals surface area (Å²) in [6.45, 7) is 0.166. The minimum atomic E-state index is -0.570. The maximum Gasteiger partial charge on any atom is 0.292 e. The van der Waals surface area contributed by atoms with Crippen LogP contribution in [0.3, 0.4) is 0 Å². The Morgan fingerprint density at radius 2 is 1.85 bits per heavy atom. The minimum Gasteiger partial charge on any atom is -0.486 e. The number of benzene rings is 2. The molecule has 8 heteroatoms. The molecule has 0 radical (unpaired) electrons. The zero-order valence-corrected chi connectivity index (χ0v) is 15.5. The third kappa shape index (κ3) is 4.39. The second-order valence-corrected chi connectivity index (χ2v) is 6.48. The smallest absolute Gasteiger partial charge is 0.292 e. The molecular formula is C18H13IN2O5. The van der Waals surface area contributed by atoms with Crippen LogP contribution in [0.2, 0.25) is 0 Å². The maximum atomic E-state index is 12.2. The van der Waals surface area contributed by atoms with Gasteiger partial charge in [0.2, 0.25) is 0 Å². The van der Waals surface area contributed by atoms with Crippen molar-refractivity contribution in [1.29, 1.82) is 0 Å². The van der Waals surface area contributed by atoms with E-state index in [4.69, 9.17) is 9.15 Å². The van der Waals surface area contributed by atoms with Gasteiger partial charge < -0.3 is 14.5 Å². The van der Waals surface area contributed by atoms with Gasteiger partial charge >= 0.3 is 0 Å². The van der Waals surface area contributed by atoms with Gasteiger partial charge in [-0.2, -0.15) is 0 Å². The van der Waals surface area contributed by atoms with Gasteiger partial charge in [0.25, 0.3) is 11.6 Å². The van der Waals surface area contributed by atoms with Gasteiger partial charge in [-0.25, -0.2) is 0 Å². The molecule has 132 valence electrons. The lowest BCUT2D eigenvalue weighted by molar-refractivity contribution is -0.383. The van der Waals surface area contributed by atoms with Crippen molar-refractivity contribution in [3.8, 4) is 5.75 Å². The first-order valence-corrected chi connectivity index (χ1v) is 8.62. The molecule has 0 spiro atoms. The fraction of sp³-hybridized carbons (Fsp3) is 0.0556. The Morgan fingerprint density at radius 1 is 1.12 bits per heavy atom. The highest BCUT2D eigenvalue weighted by Crippen LogP contribution is 2.24. The molecule has 0 saturated carbocycles. The average molecular weight is 464 g/mol. The van der Waals surface area contributed by atoms with Crippen molar-refractivity contribution in [2.75, 3.05) is 5.32 Å². The summed E-state index contributed by atoms with van der Waals surface area (Å²) in [5, 5.41) is 13.5. The first kappa shape index (κ1) is 17.9. The largest absolute Gasteiger partial charge is 0.486 e. The van der Waals surface area contributed by atoms with E-state index in [9.17, 15) is 14.9 Å². The highest BCUT2D eigenvalue weighted by molar-refractivity contribution is 14.1. The minimum absolute atomic E-state index is 0.0457. The number of halogens is 1. The van der Waals surface area contributed by atoms with Gasteiger partial charge in [0.15, 0.2) is 5.76 Å². The highest BCUT2D eigenvalue weighted by Gasteiger charge is 2.18. The molecule has 0 fully saturated rings. The topological polar surface area (TPSA) is 94.6 Å². The summed E-state index contributed by atoms with van der Waals surface area (Å²) in [5.41, 5.74) is -0.0785. The van der Waals surface area contributed by atoms with Crippen LogP contribution in [0.15, 0.2) is 65.1 Å². The first-order valence-electron chi connectivity index (χ1n) is 7.55. The number of nitrogens with zero attached hydrogens (tertiary/aromatic N) is 1. The van der Waals surface area contributed by atoms with Crippen LogP contribution in [-0.4, -0.2) is 10.8 Å². The van der Waals surface area contributed by atoms with Crippen LogP contribution in [0.25, 0.3) is 0 Å². The van der Waals surface area contributed by atoms with Gasteiger partial charge in [-0.15, -0.1) is 0 Å². The van der Waals surface area contributed by atoms with Crippen LogP contribution in [-0.2, 0) is 6.61 Å². The van der Waals surface area contributed by atoms with Crippen LogP contribution in [0.1, 0.15) is 16.3 Å². The van der Waals surface area contributed by atoms with Crippen molar-refractivity contribution < 1.29 is 18.9 Å². The predicted molar refractivity (Wildman–Crippen MR) is 103 cm³/mol. The Labute approximate surface area is 162 Å². The number of furan rings is 1. The molecule has 0 bridgehead atoms. The molecule has 1 aromatic heterocycles. The van der Waals surface area contributed by atoms with Crippen molar-refractivity contribution in [1.82, 2.24) is 0 Å². The van der Waals surface area contributed by atoms with Crippen molar-refractivity contribution in [2.24, 2.45) is 0 Å². The number of anilines is 1. The van der Waals surface area contributed by atoms with Gasteiger partial charge in [-0.3, -0.25) is 14.9 Å². The molecule has 0 aliphatic heterocycles. The predicted octanol–water partition coefficient (Wildman–Crippen LogP) is 4.62. The van der Waals surface area contributed by atoms with Crippen LogP contribution in [0.5, 0.6) is 5.75 Å². The number of ether oxygens (including phenoxy) is 1. The molecule has 0 aliphatic carbocycles. The number of rotatable bonds is 6. The average Bonchev–Trinajstić information content (AvgIpc) is 3.11. The van der Waals surface area contributed by atoms with Gasteiger partial charge in [-0.1, -0.05) is 12.1 Å². The van der Waals surface area contributed by atoms with E-state index >= 15 is 0 Å². The number of carbonyl (C=O) groups is 1. The molecule has 7 nitrogen and oxygen atoms in total. The van der Waals surface area contributed by atoms with Crippen molar-refractivity contribution in [3.05, 3.63) is 85.9 Å². The summed E-state index contributed by atoms with van der Waals surface area (Å²) in [6.07, 6.45) is 0. The van der Waals surface area contributed by atoms with Crippen LogP contribution in [0.4, 0.5) is 11.4 Å². The Hall–Kier alpha value is -2.88. The summed E-state index contributed by atoms with van der Waals surface area (Å²) >= 11 is 2.20. The van der Waals surface area contributed by atoms with E-state index in [0.29, 0.717) is 11.5 Å². The quantitative estimate of drug-likeness (QED) is 0.326. The molecule has 0 atom stereocenters. The van der Waals surface area contributed by atoms with Gasteiger partial charge in [0.05, 0.1) is 4.92 Å². The highest BCUT2D eigenvalue weighted by atomic mass is 127. The van der Waals surface area contributed by atoms with E-state index in [-0.39, 0.29) is 23.7 Å². The molecule has 1 N–H and O–H groups in total. The number of nitrogens with one attached hydrogen (secondary N) is 1. The lowest BCUT2D eigenvalue weighted by atomic mass is 10.2. The standard InChI is InChI=1S/C18H13IN2O5/c19-12-5-7-13(8-6-12)25-11-14-9-10-17(26-14)18(22)20-15-3-1-2-4-16(15)21(23)24/h1-10H,11H2,(H,20,22). The molecular weight excluding hydrogens is 451 g/mol. The number of amides is 1. The summed E-state index contributed by atoms with van der Waals surface area (Å²) < 4.78 is 12.1. The number of nitro benzene ring substituents is 1. The number of nitro groups is 1. The molecule has 3 aromatic rings. The summed E-state index contributed by atoms with van der Waals surface area (Å²) in [7, 11) is 0. The molecule has 3 rings (SSSR count). The van der Waals surface area contributed by atoms with Crippen molar-refractivity contribution >= 4 is 39.9 Å². The van der Waals surface area contributed by atoms with E-state index in [1.807, 2.05) is 24.3 Å². The van der Waals surface area contributed by atoms with E-state index in [1.54, 1.807) is 12.1 Å². The summed E-state index contributed by atoms with van der Waals surface area (Å²) in [4.78, 5) is 22.7. The number of carbonyl (C=O) groups excluding carboxylic acids is 1. The van der Waals surface area contributed by atoms with Gasteiger partial charge in [0, 0.05) is 9.64 Å². The monoisotopic (exact) mass is 464 g/mol. The van der Waals surface area contributed by atoms with Crippen LogP contribution < -0.4 is 10.1 Å². The summed E-state index contributed by atoms with van der Waals surface area (Å²) in [5.74, 6) is 0.633. The SMILES string of the molecule is O=C(Nc1ccccc1[N+](=O)[O-])c1ccc(COc2ccc(I)cc2)o1. The number of para-hydroxylation sites is 2. The van der Waals surface area contributed by atoms with E-state index in [2.05, 4.69) is 27.9 Å². The molecule has 1 heterocycles. The number of hydrogen-bond acceptors (Lipinski definition) is 5. The Morgan fingerprint density at radius 3 is 2.58 bits per heavy atom. The molecule has 0 unspecified atom stereocenters. The van der Waals surface area contributed by atoms with Gasteiger partial charge in [-0.05, 0) is 65.1 Å². The lowest BCUT2D eigenvalue weighted by Gasteiger charge is -2.05. The van der Waals surface area contributed by atoms with E-state index in [1.165, 1.54) is 24.3 Å². The second kappa shape index (κ2) is 8.00. The lowest BCUT2D eigenvalue weighted by Crippen LogP contribution is -2.12. The van der Waals surface area contributed by atoms with Crippen LogP contribution >= 0.6 is 22.6 Å². The van der Waals surface area contributed by atoms with Crippen LogP contribution in [0, 0.1) is 13.7 Å². The maximum absolute atomic E-state index is 12.2. The normalized spacial score (nSPS) is 10.3. The van der Waals surface area contributed by atoms with Crippen molar-refractivity contribution in [2.45, 2.75) is 6.61 Å². The zero-order valence-electron chi connectivity index (χ0n) is 13.3. The Balaban J connectivity index is 1.65. The third-order valence-electron chi connectivity index (χ3n) is 3.43. The van der Waals surface area contributed by atoms with Gasteiger partial charge in [0.1, 0.15) is 23.8 Å². The Bertz CT molecular complexity index is 937. The fourth-order valence-corrected chi connectivity index (χ4v) is 2.54. The first-order chi connectivity index (χ1) is 12.5. The molecule has 1 amide bonds. The Kier molecular flexibility index (Phi) is 5.52.